The quantitative estimate of drug-likeness (QED) is 0.478. The van der Waals surface area contributed by atoms with Crippen LogP contribution in [0.15, 0.2) is 46.5 Å². The molecular formula is C17H17F4N3OS. The fourth-order valence-electron chi connectivity index (χ4n) is 2.21. The van der Waals surface area contributed by atoms with E-state index in [1.807, 2.05) is 0 Å². The molecule has 1 N–H and O–H groups in total. The van der Waals surface area contributed by atoms with Crippen molar-refractivity contribution < 1.29 is 21.8 Å². The van der Waals surface area contributed by atoms with Gasteiger partial charge in [-0.15, -0.1) is 0 Å². The van der Waals surface area contributed by atoms with Crippen molar-refractivity contribution >= 4 is 22.3 Å². The third-order valence-corrected chi connectivity index (χ3v) is 4.83. The lowest BCUT2D eigenvalue weighted by Crippen LogP contribution is -2.20. The number of amidine groups is 1. The van der Waals surface area contributed by atoms with E-state index in [1.54, 1.807) is 25.3 Å². The minimum Gasteiger partial charge on any atom is -0.338 e. The van der Waals surface area contributed by atoms with E-state index < -0.39 is 28.5 Å². The first-order valence-electron chi connectivity index (χ1n) is 7.68. The normalized spacial score (nSPS) is 13.5. The molecule has 0 saturated heterocycles. The number of hydrogen-bond acceptors (Lipinski definition) is 3. The second-order valence-electron chi connectivity index (χ2n) is 5.39. The van der Waals surface area contributed by atoms with Gasteiger partial charge in [-0.25, -0.2) is 4.39 Å². The number of aromatic nitrogens is 1. The Morgan fingerprint density at radius 1 is 1.35 bits per heavy atom. The fraction of sp³-hybridized carbons (Fsp3) is 0.294. The zero-order chi connectivity index (χ0) is 19.3. The molecule has 1 heterocycles. The minimum absolute atomic E-state index is 0.0757. The van der Waals surface area contributed by atoms with Crippen LogP contribution in [0.4, 0.5) is 23.2 Å². The molecule has 0 amide bonds. The van der Waals surface area contributed by atoms with Crippen LogP contribution in [0.3, 0.4) is 0 Å². The lowest BCUT2D eigenvalue weighted by atomic mass is 10.2. The van der Waals surface area contributed by atoms with Gasteiger partial charge in [-0.1, -0.05) is 0 Å². The number of rotatable bonds is 5. The maximum Gasteiger partial charge on any atom is 0.400 e. The van der Waals surface area contributed by atoms with E-state index in [0.717, 1.165) is 12.1 Å². The summed E-state index contributed by atoms with van der Waals surface area (Å²) in [5, 5.41) is 2.77. The van der Waals surface area contributed by atoms with Crippen molar-refractivity contribution in [2.45, 2.75) is 24.9 Å². The van der Waals surface area contributed by atoms with Crippen LogP contribution < -0.4 is 5.32 Å². The van der Waals surface area contributed by atoms with E-state index >= 15 is 0 Å². The lowest BCUT2D eigenvalue weighted by molar-refractivity contribution is -0.105. The molecule has 0 bridgehead atoms. The Kier molecular flexibility index (Phi) is 6.47. The average molecular weight is 387 g/mol. The average Bonchev–Trinajstić information content (AvgIpc) is 2.55. The van der Waals surface area contributed by atoms with Crippen LogP contribution >= 0.6 is 0 Å². The van der Waals surface area contributed by atoms with Gasteiger partial charge in [0, 0.05) is 29.4 Å². The highest BCUT2D eigenvalue weighted by Gasteiger charge is 2.31. The number of pyridine rings is 1. The molecule has 0 aliphatic heterocycles. The van der Waals surface area contributed by atoms with E-state index in [4.69, 9.17) is 0 Å². The van der Waals surface area contributed by atoms with Crippen molar-refractivity contribution in [2.24, 2.45) is 4.99 Å². The SMILES string of the molecule is CCN=C(Nc1cc(S(=O)CC(F)(F)F)c(C)cc1F)c1cccnc1. The third-order valence-electron chi connectivity index (χ3n) is 3.31. The van der Waals surface area contributed by atoms with Crippen LogP contribution in [0.1, 0.15) is 18.1 Å². The molecule has 0 aliphatic rings. The fourth-order valence-corrected chi connectivity index (χ4v) is 3.33. The Morgan fingerprint density at radius 3 is 2.65 bits per heavy atom. The van der Waals surface area contributed by atoms with Crippen molar-refractivity contribution in [3.63, 3.8) is 0 Å². The lowest BCUT2D eigenvalue weighted by Gasteiger charge is -2.14. The van der Waals surface area contributed by atoms with Crippen molar-refractivity contribution in [3.05, 3.63) is 53.6 Å². The molecule has 1 aromatic heterocycles. The summed E-state index contributed by atoms with van der Waals surface area (Å²) >= 11 is 0. The van der Waals surface area contributed by atoms with Crippen molar-refractivity contribution in [3.8, 4) is 0 Å². The summed E-state index contributed by atoms with van der Waals surface area (Å²) in [6, 6.07) is 5.58. The van der Waals surface area contributed by atoms with E-state index in [1.165, 1.54) is 13.1 Å². The molecule has 1 aromatic carbocycles. The highest BCUT2D eigenvalue weighted by atomic mass is 32.2. The Hall–Kier alpha value is -2.29. The van der Waals surface area contributed by atoms with E-state index in [2.05, 4.69) is 15.3 Å². The molecule has 2 rings (SSSR count). The second kappa shape index (κ2) is 8.39. The highest BCUT2D eigenvalue weighted by Crippen LogP contribution is 2.26. The van der Waals surface area contributed by atoms with Gasteiger partial charge >= 0.3 is 6.18 Å². The van der Waals surface area contributed by atoms with Gasteiger partial charge in [-0.05, 0) is 43.7 Å². The van der Waals surface area contributed by atoms with Crippen LogP contribution in [0.25, 0.3) is 0 Å². The Bertz CT molecular complexity index is 823. The van der Waals surface area contributed by atoms with Crippen molar-refractivity contribution in [2.75, 3.05) is 17.6 Å². The maximum absolute atomic E-state index is 14.3. The number of hydrogen-bond donors (Lipinski definition) is 1. The number of aliphatic imine (C=N–C) groups is 1. The molecule has 0 saturated carbocycles. The highest BCUT2D eigenvalue weighted by molar-refractivity contribution is 7.85. The van der Waals surface area contributed by atoms with Gasteiger partial charge < -0.3 is 5.32 Å². The number of halogens is 4. The summed E-state index contributed by atoms with van der Waals surface area (Å²) in [4.78, 5) is 8.12. The molecular weight excluding hydrogens is 370 g/mol. The molecule has 26 heavy (non-hydrogen) atoms. The first-order valence-corrected chi connectivity index (χ1v) is 9.00. The second-order valence-corrected chi connectivity index (χ2v) is 6.81. The number of anilines is 1. The predicted octanol–water partition coefficient (Wildman–Crippen LogP) is 4.08. The first kappa shape index (κ1) is 20.0. The zero-order valence-electron chi connectivity index (χ0n) is 14.1. The molecule has 1 unspecified atom stereocenters. The van der Waals surface area contributed by atoms with Gasteiger partial charge in [0.2, 0.25) is 0 Å². The number of benzene rings is 1. The molecule has 0 radical (unpaired) electrons. The molecule has 0 spiro atoms. The topological polar surface area (TPSA) is 54.4 Å². The van der Waals surface area contributed by atoms with Gasteiger partial charge in [-0.2, -0.15) is 13.2 Å². The zero-order valence-corrected chi connectivity index (χ0v) is 14.9. The van der Waals surface area contributed by atoms with Crippen LogP contribution in [-0.2, 0) is 10.8 Å². The minimum atomic E-state index is -4.58. The maximum atomic E-state index is 14.3. The van der Waals surface area contributed by atoms with Gasteiger partial charge in [0.15, 0.2) is 0 Å². The van der Waals surface area contributed by atoms with Gasteiger partial charge in [0.25, 0.3) is 0 Å². The largest absolute Gasteiger partial charge is 0.400 e. The standard InChI is InChI=1S/C17H17F4N3OS/c1-3-23-16(12-5-4-6-22-9-12)24-14-8-15(11(2)7-13(14)18)26(25)10-17(19,20)21/h4-9H,3,10H2,1-2H3,(H,23,24). The summed E-state index contributed by atoms with van der Waals surface area (Å²) < 4.78 is 63.9. The summed E-state index contributed by atoms with van der Waals surface area (Å²) in [5.41, 5.74) is 0.676. The Balaban J connectivity index is 2.38. The predicted molar refractivity (Wildman–Crippen MR) is 93.4 cm³/mol. The molecule has 2 aromatic rings. The third kappa shape index (κ3) is 5.35. The molecule has 0 fully saturated rings. The summed E-state index contributed by atoms with van der Waals surface area (Å²) in [6.07, 6.45) is -1.49. The number of nitrogens with zero attached hydrogens (tertiary/aromatic N) is 2. The molecule has 0 aliphatic carbocycles. The Morgan fingerprint density at radius 2 is 2.08 bits per heavy atom. The van der Waals surface area contributed by atoms with Crippen LogP contribution in [0.2, 0.25) is 0 Å². The Labute approximate surface area is 150 Å². The summed E-state index contributed by atoms with van der Waals surface area (Å²) in [6.45, 7) is 3.60. The summed E-state index contributed by atoms with van der Waals surface area (Å²) in [7, 11) is -2.33. The van der Waals surface area contributed by atoms with E-state index in [9.17, 15) is 21.8 Å². The van der Waals surface area contributed by atoms with Gasteiger partial charge in [0.05, 0.1) is 16.5 Å². The van der Waals surface area contributed by atoms with Crippen molar-refractivity contribution in [1.29, 1.82) is 0 Å². The smallest absolute Gasteiger partial charge is 0.338 e. The van der Waals surface area contributed by atoms with Gasteiger partial charge in [0.1, 0.15) is 17.4 Å². The number of aryl methyl sites for hydroxylation is 1. The molecule has 140 valence electrons. The van der Waals surface area contributed by atoms with Crippen LogP contribution in [0.5, 0.6) is 0 Å². The van der Waals surface area contributed by atoms with E-state index in [-0.39, 0.29) is 16.1 Å². The molecule has 9 heteroatoms. The van der Waals surface area contributed by atoms with Crippen LogP contribution in [0, 0.1) is 12.7 Å². The van der Waals surface area contributed by atoms with Crippen LogP contribution in [-0.4, -0.2) is 33.5 Å². The number of alkyl halides is 3. The summed E-state index contributed by atoms with van der Waals surface area (Å²) in [5.74, 6) is -1.85. The molecule has 4 nitrogen and oxygen atoms in total. The van der Waals surface area contributed by atoms with E-state index in [0.29, 0.717) is 17.9 Å². The van der Waals surface area contributed by atoms with Crippen molar-refractivity contribution in [1.82, 2.24) is 4.98 Å². The monoisotopic (exact) mass is 387 g/mol. The first-order chi connectivity index (χ1) is 12.2. The van der Waals surface area contributed by atoms with Gasteiger partial charge in [-0.3, -0.25) is 14.2 Å². The molecule has 1 atom stereocenters. The number of nitrogens with one attached hydrogen (secondary N) is 1.